The van der Waals surface area contributed by atoms with Crippen LogP contribution in [0, 0.1) is 0 Å². The number of para-hydroxylation sites is 1. The van der Waals surface area contributed by atoms with Gasteiger partial charge in [-0.2, -0.15) is 0 Å². The number of rotatable bonds is 0. The fraction of sp³-hybridized carbons (Fsp3) is 0.0909. The first-order valence-corrected chi connectivity index (χ1v) is 4.76. The second-order valence-electron chi connectivity index (χ2n) is 3.48. The van der Waals surface area contributed by atoms with Crippen molar-refractivity contribution in [2.75, 3.05) is 17.2 Å². The molecule has 1 aromatic heterocycles. The number of anilines is 2. The first kappa shape index (κ1) is 8.23. The van der Waals surface area contributed by atoms with Crippen LogP contribution in [-0.4, -0.2) is 17.4 Å². The van der Waals surface area contributed by atoms with Gasteiger partial charge in [0, 0.05) is 5.39 Å². The third kappa shape index (κ3) is 1.30. The molecule has 0 atom stereocenters. The maximum Gasteiger partial charge on any atom is 0.244 e. The number of benzene rings is 1. The maximum absolute atomic E-state index is 11.1. The minimum absolute atomic E-state index is 0.0507. The van der Waals surface area contributed by atoms with Gasteiger partial charge in [-0.05, 0) is 12.1 Å². The molecule has 15 heavy (non-hydrogen) atoms. The highest BCUT2D eigenvalue weighted by molar-refractivity contribution is 6.01. The number of carbonyl (C=O) groups is 1. The fourth-order valence-corrected chi connectivity index (χ4v) is 1.70. The van der Waals surface area contributed by atoms with E-state index in [0.29, 0.717) is 12.4 Å². The van der Waals surface area contributed by atoms with Crippen molar-refractivity contribution in [2.45, 2.75) is 0 Å². The highest BCUT2D eigenvalue weighted by atomic mass is 16.2. The van der Waals surface area contributed by atoms with E-state index in [-0.39, 0.29) is 5.91 Å². The molecule has 0 unspecified atom stereocenters. The number of hydrogen-bond acceptors (Lipinski definition) is 3. The van der Waals surface area contributed by atoms with E-state index in [1.165, 1.54) is 0 Å². The van der Waals surface area contributed by atoms with Crippen molar-refractivity contribution >= 4 is 28.3 Å². The monoisotopic (exact) mass is 199 g/mol. The molecule has 1 amide bonds. The van der Waals surface area contributed by atoms with Gasteiger partial charge in [-0.25, -0.2) is 4.98 Å². The van der Waals surface area contributed by atoms with Gasteiger partial charge in [0.25, 0.3) is 0 Å². The van der Waals surface area contributed by atoms with Gasteiger partial charge < -0.3 is 10.6 Å². The summed E-state index contributed by atoms with van der Waals surface area (Å²) in [6.45, 7) is 0.313. The first-order chi connectivity index (χ1) is 7.33. The summed E-state index contributed by atoms with van der Waals surface area (Å²) < 4.78 is 0. The molecule has 2 N–H and O–H groups in total. The van der Waals surface area contributed by atoms with Crippen LogP contribution in [0.2, 0.25) is 0 Å². The second kappa shape index (κ2) is 2.95. The molecule has 2 aromatic rings. The van der Waals surface area contributed by atoms with Crippen molar-refractivity contribution in [1.82, 2.24) is 4.98 Å². The topological polar surface area (TPSA) is 54.0 Å². The number of pyridine rings is 1. The standard InChI is InChI=1S/C11H9N3O/c15-10-6-12-9-5-7-3-1-2-4-8(7)13-11(9)14-10/h1-5,12H,6H2,(H,13,14,15). The van der Waals surface area contributed by atoms with E-state index in [1.54, 1.807) is 0 Å². The number of amides is 1. The summed E-state index contributed by atoms with van der Waals surface area (Å²) in [5.74, 6) is 0.565. The van der Waals surface area contributed by atoms with Crippen molar-refractivity contribution in [3.63, 3.8) is 0 Å². The van der Waals surface area contributed by atoms with Gasteiger partial charge >= 0.3 is 0 Å². The molecule has 4 heteroatoms. The smallest absolute Gasteiger partial charge is 0.244 e. The Balaban J connectivity index is 2.24. The Morgan fingerprint density at radius 1 is 1.27 bits per heavy atom. The average molecular weight is 199 g/mol. The van der Waals surface area contributed by atoms with Crippen LogP contribution in [0.15, 0.2) is 30.3 Å². The van der Waals surface area contributed by atoms with E-state index >= 15 is 0 Å². The predicted octanol–water partition coefficient (Wildman–Crippen LogP) is 1.60. The molecular weight excluding hydrogens is 190 g/mol. The Morgan fingerprint density at radius 3 is 3.07 bits per heavy atom. The third-order valence-corrected chi connectivity index (χ3v) is 2.42. The molecule has 2 heterocycles. The minimum Gasteiger partial charge on any atom is -0.373 e. The Morgan fingerprint density at radius 2 is 2.13 bits per heavy atom. The number of aromatic nitrogens is 1. The average Bonchev–Trinajstić information content (AvgIpc) is 2.26. The molecule has 0 aliphatic carbocycles. The molecule has 0 radical (unpaired) electrons. The lowest BCUT2D eigenvalue weighted by molar-refractivity contribution is -0.114. The predicted molar refractivity (Wildman–Crippen MR) is 58.9 cm³/mol. The summed E-state index contributed by atoms with van der Waals surface area (Å²) in [6, 6.07) is 9.83. The molecular formula is C11H9N3O. The molecule has 74 valence electrons. The van der Waals surface area contributed by atoms with Crippen LogP contribution in [-0.2, 0) is 4.79 Å². The maximum atomic E-state index is 11.1. The van der Waals surface area contributed by atoms with Crippen molar-refractivity contribution in [1.29, 1.82) is 0 Å². The van der Waals surface area contributed by atoms with E-state index in [0.717, 1.165) is 16.6 Å². The fourth-order valence-electron chi connectivity index (χ4n) is 1.70. The van der Waals surface area contributed by atoms with Crippen molar-refractivity contribution in [2.24, 2.45) is 0 Å². The summed E-state index contributed by atoms with van der Waals surface area (Å²) in [4.78, 5) is 15.5. The normalized spacial score (nSPS) is 14.3. The molecule has 0 fully saturated rings. The van der Waals surface area contributed by atoms with Crippen molar-refractivity contribution in [3.8, 4) is 0 Å². The van der Waals surface area contributed by atoms with Crippen LogP contribution in [0.25, 0.3) is 10.9 Å². The third-order valence-electron chi connectivity index (χ3n) is 2.42. The lowest BCUT2D eigenvalue weighted by Gasteiger charge is -2.17. The Labute approximate surface area is 86.3 Å². The number of nitrogens with one attached hydrogen (secondary N) is 2. The largest absolute Gasteiger partial charge is 0.373 e. The van der Waals surface area contributed by atoms with Gasteiger partial charge in [0.2, 0.25) is 5.91 Å². The number of carbonyl (C=O) groups excluding carboxylic acids is 1. The Kier molecular flexibility index (Phi) is 1.62. The zero-order chi connectivity index (χ0) is 10.3. The molecule has 1 aliphatic heterocycles. The number of fused-ring (bicyclic) bond motifs is 2. The summed E-state index contributed by atoms with van der Waals surface area (Å²) in [5.41, 5.74) is 1.77. The van der Waals surface area contributed by atoms with Gasteiger partial charge in [-0.3, -0.25) is 4.79 Å². The first-order valence-electron chi connectivity index (χ1n) is 4.76. The lowest BCUT2D eigenvalue weighted by atomic mass is 10.2. The zero-order valence-corrected chi connectivity index (χ0v) is 7.95. The molecule has 0 bridgehead atoms. The molecule has 0 saturated heterocycles. The van der Waals surface area contributed by atoms with Crippen LogP contribution in [0.3, 0.4) is 0 Å². The Hall–Kier alpha value is -2.10. The van der Waals surface area contributed by atoms with E-state index < -0.39 is 0 Å². The molecule has 0 saturated carbocycles. The van der Waals surface area contributed by atoms with Crippen LogP contribution >= 0.6 is 0 Å². The second-order valence-corrected chi connectivity index (χ2v) is 3.48. The zero-order valence-electron chi connectivity index (χ0n) is 7.95. The van der Waals surface area contributed by atoms with Gasteiger partial charge in [0.15, 0.2) is 5.82 Å². The number of hydrogen-bond donors (Lipinski definition) is 2. The van der Waals surface area contributed by atoms with E-state index in [2.05, 4.69) is 15.6 Å². The van der Waals surface area contributed by atoms with Crippen molar-refractivity contribution < 1.29 is 4.79 Å². The summed E-state index contributed by atoms with van der Waals surface area (Å²) in [7, 11) is 0. The molecule has 1 aromatic carbocycles. The van der Waals surface area contributed by atoms with E-state index in [1.807, 2.05) is 30.3 Å². The highest BCUT2D eigenvalue weighted by Crippen LogP contribution is 2.26. The minimum atomic E-state index is -0.0507. The van der Waals surface area contributed by atoms with Crippen LogP contribution in [0.4, 0.5) is 11.5 Å². The van der Waals surface area contributed by atoms with E-state index in [9.17, 15) is 4.79 Å². The van der Waals surface area contributed by atoms with Gasteiger partial charge in [-0.15, -0.1) is 0 Å². The van der Waals surface area contributed by atoms with Crippen LogP contribution in [0.5, 0.6) is 0 Å². The number of nitrogens with zero attached hydrogens (tertiary/aromatic N) is 1. The molecule has 3 rings (SSSR count). The lowest BCUT2D eigenvalue weighted by Crippen LogP contribution is -2.28. The van der Waals surface area contributed by atoms with Gasteiger partial charge in [0.1, 0.15) is 0 Å². The van der Waals surface area contributed by atoms with Crippen LogP contribution in [0.1, 0.15) is 0 Å². The highest BCUT2D eigenvalue weighted by Gasteiger charge is 2.15. The summed E-state index contributed by atoms with van der Waals surface area (Å²) in [6.07, 6.45) is 0. The van der Waals surface area contributed by atoms with Gasteiger partial charge in [-0.1, -0.05) is 18.2 Å². The van der Waals surface area contributed by atoms with E-state index in [4.69, 9.17) is 0 Å². The quantitative estimate of drug-likeness (QED) is 0.677. The molecule has 1 aliphatic rings. The summed E-state index contributed by atoms with van der Waals surface area (Å²) >= 11 is 0. The Bertz CT molecular complexity index is 551. The van der Waals surface area contributed by atoms with Crippen molar-refractivity contribution in [3.05, 3.63) is 30.3 Å². The molecule has 0 spiro atoms. The summed E-state index contributed by atoms with van der Waals surface area (Å²) in [5, 5.41) is 6.84. The SMILES string of the molecule is O=C1CNc2cc3ccccc3nc2N1. The van der Waals surface area contributed by atoms with Crippen LogP contribution < -0.4 is 10.6 Å². The van der Waals surface area contributed by atoms with Gasteiger partial charge in [0.05, 0.1) is 17.7 Å². The molecule has 4 nitrogen and oxygen atoms in total.